The van der Waals surface area contributed by atoms with E-state index in [4.69, 9.17) is 9.15 Å². The minimum absolute atomic E-state index is 0.0234. The Morgan fingerprint density at radius 3 is 2.63 bits per heavy atom. The molecule has 0 bridgehead atoms. The standard InChI is InChI=1S/C24H21F3N4O4/c1-12-17(13(2)31-23(28-12)29-22(30-31)24(25,26)27)6-7-20(32)34-11-16-10-21(33)35-19-9-15-5-3-4-14(15)8-18(16)19/h8-10H,3-7,11H2,1-2H3. The molecule has 35 heavy (non-hydrogen) atoms. The average molecular weight is 486 g/mol. The third-order valence-electron chi connectivity index (χ3n) is 6.31. The van der Waals surface area contributed by atoms with E-state index < -0.39 is 23.6 Å². The molecule has 0 radical (unpaired) electrons. The van der Waals surface area contributed by atoms with Crippen molar-refractivity contribution in [3.8, 4) is 0 Å². The van der Waals surface area contributed by atoms with E-state index in [1.807, 2.05) is 12.1 Å². The highest BCUT2D eigenvalue weighted by Gasteiger charge is 2.37. The molecule has 3 heterocycles. The molecule has 0 spiro atoms. The lowest BCUT2D eigenvalue weighted by Gasteiger charge is -2.11. The molecule has 5 rings (SSSR count). The summed E-state index contributed by atoms with van der Waals surface area (Å²) in [5.41, 5.74) is 4.37. The molecule has 182 valence electrons. The molecule has 0 amide bonds. The number of benzene rings is 1. The number of carbonyl (C=O) groups is 1. The van der Waals surface area contributed by atoms with Gasteiger partial charge >= 0.3 is 17.8 Å². The van der Waals surface area contributed by atoms with E-state index in [1.54, 1.807) is 13.8 Å². The van der Waals surface area contributed by atoms with Crippen LogP contribution < -0.4 is 5.63 Å². The van der Waals surface area contributed by atoms with Crippen LogP contribution in [-0.2, 0) is 41.6 Å². The predicted octanol–water partition coefficient (Wildman–Crippen LogP) is 4.03. The first-order valence-electron chi connectivity index (χ1n) is 11.1. The van der Waals surface area contributed by atoms with Crippen molar-refractivity contribution in [1.29, 1.82) is 0 Å². The maximum absolute atomic E-state index is 13.0. The molecule has 0 N–H and O–H groups in total. The zero-order valence-electron chi connectivity index (χ0n) is 19.0. The third kappa shape index (κ3) is 4.38. The summed E-state index contributed by atoms with van der Waals surface area (Å²) in [6.45, 7) is 3.15. The molecular weight excluding hydrogens is 465 g/mol. The number of hydrogen-bond acceptors (Lipinski definition) is 7. The molecular formula is C24H21F3N4O4. The van der Waals surface area contributed by atoms with Gasteiger partial charge in [0, 0.05) is 34.8 Å². The number of rotatable bonds is 5. The van der Waals surface area contributed by atoms with Gasteiger partial charge in [-0.2, -0.15) is 18.2 Å². The number of alkyl halides is 3. The van der Waals surface area contributed by atoms with Gasteiger partial charge in [-0.25, -0.2) is 14.3 Å². The van der Waals surface area contributed by atoms with Crippen LogP contribution in [0.1, 0.15) is 52.3 Å². The maximum atomic E-state index is 13.0. The van der Waals surface area contributed by atoms with Crippen molar-refractivity contribution in [3.63, 3.8) is 0 Å². The van der Waals surface area contributed by atoms with Gasteiger partial charge in [-0.15, -0.1) is 5.10 Å². The Labute approximate surface area is 196 Å². The fourth-order valence-corrected chi connectivity index (χ4v) is 4.56. The van der Waals surface area contributed by atoms with Gasteiger partial charge < -0.3 is 9.15 Å². The highest BCUT2D eigenvalue weighted by Crippen LogP contribution is 2.29. The summed E-state index contributed by atoms with van der Waals surface area (Å²) >= 11 is 0. The minimum Gasteiger partial charge on any atom is -0.461 e. The normalized spacial score (nSPS) is 13.5. The van der Waals surface area contributed by atoms with E-state index in [1.165, 1.54) is 17.2 Å². The Kier molecular flexibility index (Phi) is 5.57. The van der Waals surface area contributed by atoms with Gasteiger partial charge in [0.05, 0.1) is 0 Å². The molecule has 0 aliphatic heterocycles. The van der Waals surface area contributed by atoms with Gasteiger partial charge in [-0.3, -0.25) is 4.79 Å². The van der Waals surface area contributed by atoms with Gasteiger partial charge in [0.25, 0.3) is 11.6 Å². The van der Waals surface area contributed by atoms with Crippen LogP contribution in [0.2, 0.25) is 0 Å². The fourth-order valence-electron chi connectivity index (χ4n) is 4.56. The van der Waals surface area contributed by atoms with Crippen LogP contribution in [0.3, 0.4) is 0 Å². The zero-order chi connectivity index (χ0) is 24.9. The lowest BCUT2D eigenvalue weighted by molar-refractivity contribution is -0.145. The number of ether oxygens (including phenoxy) is 1. The second-order valence-electron chi connectivity index (χ2n) is 8.63. The lowest BCUT2D eigenvalue weighted by atomic mass is 10.0. The molecule has 0 fully saturated rings. The number of nitrogens with zero attached hydrogens (tertiary/aromatic N) is 4. The summed E-state index contributed by atoms with van der Waals surface area (Å²) in [4.78, 5) is 32.1. The van der Waals surface area contributed by atoms with Gasteiger partial charge in [0.1, 0.15) is 12.2 Å². The number of esters is 1. The molecule has 0 saturated heterocycles. The van der Waals surface area contributed by atoms with Gasteiger partial charge in [0.2, 0.25) is 0 Å². The number of aromatic nitrogens is 4. The molecule has 0 saturated carbocycles. The van der Waals surface area contributed by atoms with E-state index >= 15 is 0 Å². The Balaban J connectivity index is 1.31. The molecule has 0 unspecified atom stereocenters. The van der Waals surface area contributed by atoms with E-state index in [9.17, 15) is 22.8 Å². The first kappa shape index (κ1) is 23.0. The number of hydrogen-bond donors (Lipinski definition) is 0. The van der Waals surface area contributed by atoms with Crippen molar-refractivity contribution in [2.45, 2.75) is 58.7 Å². The van der Waals surface area contributed by atoms with Crippen LogP contribution in [-0.4, -0.2) is 25.6 Å². The van der Waals surface area contributed by atoms with E-state index in [2.05, 4.69) is 15.1 Å². The second-order valence-corrected chi connectivity index (χ2v) is 8.63. The van der Waals surface area contributed by atoms with Crippen LogP contribution in [0.4, 0.5) is 13.2 Å². The maximum Gasteiger partial charge on any atom is 0.453 e. The number of halogens is 3. The molecule has 11 heteroatoms. The van der Waals surface area contributed by atoms with E-state index in [-0.39, 0.29) is 25.2 Å². The highest BCUT2D eigenvalue weighted by molar-refractivity contribution is 5.82. The molecule has 1 aromatic carbocycles. The van der Waals surface area contributed by atoms with Crippen LogP contribution in [0, 0.1) is 13.8 Å². The van der Waals surface area contributed by atoms with Gasteiger partial charge in [0.15, 0.2) is 0 Å². The first-order valence-corrected chi connectivity index (χ1v) is 11.1. The van der Waals surface area contributed by atoms with E-state index in [0.717, 1.165) is 29.2 Å². The Bertz CT molecular complexity index is 1540. The summed E-state index contributed by atoms with van der Waals surface area (Å²) in [7, 11) is 0. The Hall–Kier alpha value is -3.76. The third-order valence-corrected chi connectivity index (χ3v) is 6.31. The fraction of sp³-hybridized carbons (Fsp3) is 0.375. The summed E-state index contributed by atoms with van der Waals surface area (Å²) in [6, 6.07) is 5.20. The van der Waals surface area contributed by atoms with Crippen LogP contribution in [0.25, 0.3) is 16.7 Å². The quantitative estimate of drug-likeness (QED) is 0.310. The Morgan fingerprint density at radius 1 is 1.14 bits per heavy atom. The molecule has 3 aromatic heterocycles. The monoisotopic (exact) mass is 486 g/mol. The zero-order valence-corrected chi connectivity index (χ0v) is 19.0. The summed E-state index contributed by atoms with van der Waals surface area (Å²) in [5, 5.41) is 4.26. The SMILES string of the molecule is Cc1nc2nc(C(F)(F)F)nn2c(C)c1CCC(=O)OCc1cc(=O)oc2cc3c(cc12)CCC3. The van der Waals surface area contributed by atoms with Gasteiger partial charge in [-0.1, -0.05) is 0 Å². The van der Waals surface area contributed by atoms with E-state index in [0.29, 0.717) is 28.1 Å². The average Bonchev–Trinajstić information content (AvgIpc) is 3.42. The van der Waals surface area contributed by atoms with Crippen molar-refractivity contribution in [3.05, 3.63) is 68.1 Å². The summed E-state index contributed by atoms with van der Waals surface area (Å²) in [5.74, 6) is -1.93. The number of carbonyl (C=O) groups excluding carboxylic acids is 1. The predicted molar refractivity (Wildman–Crippen MR) is 118 cm³/mol. The van der Waals surface area contributed by atoms with Crippen molar-refractivity contribution >= 4 is 22.7 Å². The van der Waals surface area contributed by atoms with Crippen LogP contribution >= 0.6 is 0 Å². The highest BCUT2D eigenvalue weighted by atomic mass is 19.4. The van der Waals surface area contributed by atoms with Crippen molar-refractivity contribution < 1.29 is 27.1 Å². The largest absolute Gasteiger partial charge is 0.461 e. The van der Waals surface area contributed by atoms with Crippen LogP contribution in [0.15, 0.2) is 27.4 Å². The molecule has 8 nitrogen and oxygen atoms in total. The van der Waals surface area contributed by atoms with Crippen molar-refractivity contribution in [2.75, 3.05) is 0 Å². The Morgan fingerprint density at radius 2 is 1.89 bits per heavy atom. The van der Waals surface area contributed by atoms with Crippen LogP contribution in [0.5, 0.6) is 0 Å². The number of aryl methyl sites for hydroxylation is 4. The molecule has 1 aliphatic carbocycles. The minimum atomic E-state index is -4.68. The van der Waals surface area contributed by atoms with Gasteiger partial charge in [-0.05, 0) is 68.4 Å². The lowest BCUT2D eigenvalue weighted by Crippen LogP contribution is -2.11. The second kappa shape index (κ2) is 8.47. The summed E-state index contributed by atoms with van der Waals surface area (Å²) in [6.07, 6.45) is -1.56. The van der Waals surface area contributed by atoms with Crippen molar-refractivity contribution in [1.82, 2.24) is 19.6 Å². The smallest absolute Gasteiger partial charge is 0.453 e. The first-order chi connectivity index (χ1) is 16.6. The van der Waals surface area contributed by atoms with Crippen molar-refractivity contribution in [2.24, 2.45) is 0 Å². The topological polar surface area (TPSA) is 99.6 Å². The molecule has 1 aliphatic rings. The number of fused-ring (bicyclic) bond motifs is 3. The molecule has 0 atom stereocenters. The molecule has 4 aromatic rings. The summed E-state index contributed by atoms with van der Waals surface area (Å²) < 4.78 is 50.7.